The molecule has 90 valence electrons. The number of hydroxylamine groups is 1. The average molecular weight is 239 g/mol. The largest absolute Gasteiger partial charge is 0.462 e. The van der Waals surface area contributed by atoms with E-state index in [1.807, 2.05) is 0 Å². The number of carboxylic acid groups (broad SMARTS) is 1. The molecule has 0 fully saturated rings. The minimum Gasteiger partial charge on any atom is -0.462 e. The van der Waals surface area contributed by atoms with Gasteiger partial charge in [-0.1, -0.05) is 18.2 Å². The number of nitrogens with two attached hydrogens (primary N) is 1. The second kappa shape index (κ2) is 5.35. The van der Waals surface area contributed by atoms with Crippen LogP contribution in [0.5, 0.6) is 0 Å². The highest BCUT2D eigenvalue weighted by molar-refractivity contribution is 5.90. The first kappa shape index (κ1) is 12.3. The molecule has 1 aromatic carbocycles. The van der Waals surface area contributed by atoms with Gasteiger partial charge >= 0.3 is 18.1 Å². The molecule has 1 aromatic rings. The zero-order valence-corrected chi connectivity index (χ0v) is 8.49. The van der Waals surface area contributed by atoms with Gasteiger partial charge in [0.2, 0.25) is 0 Å². The normalized spacial score (nSPS) is 9.18. The van der Waals surface area contributed by atoms with Crippen LogP contribution >= 0.6 is 0 Å². The molecule has 4 N–H and O–H groups in total. The second-order valence-corrected chi connectivity index (χ2v) is 2.80. The van der Waals surface area contributed by atoms with Crippen molar-refractivity contribution in [3.63, 3.8) is 0 Å². The zero-order valence-electron chi connectivity index (χ0n) is 8.49. The topological polar surface area (TPSA) is 122 Å². The summed E-state index contributed by atoms with van der Waals surface area (Å²) in [5.41, 5.74) is 6.44. The fourth-order valence-corrected chi connectivity index (χ4v) is 0.920. The van der Waals surface area contributed by atoms with Gasteiger partial charge in [-0.3, -0.25) is 0 Å². The van der Waals surface area contributed by atoms with Crippen LogP contribution in [0.25, 0.3) is 0 Å². The fourth-order valence-electron chi connectivity index (χ4n) is 0.920. The molecule has 0 heterocycles. The monoisotopic (exact) mass is 239 g/mol. The lowest BCUT2D eigenvalue weighted by Gasteiger charge is -2.16. The van der Waals surface area contributed by atoms with E-state index in [9.17, 15) is 14.4 Å². The van der Waals surface area contributed by atoms with Gasteiger partial charge in [-0.05, 0) is 17.3 Å². The molecule has 0 atom stereocenters. The number of carbonyl (C=O) groups is 3. The summed E-state index contributed by atoms with van der Waals surface area (Å²) >= 11 is 0. The van der Waals surface area contributed by atoms with E-state index < -0.39 is 18.1 Å². The first-order valence-corrected chi connectivity index (χ1v) is 4.37. The Balaban J connectivity index is 2.71. The smallest absolute Gasteiger partial charge is 0.461 e. The van der Waals surface area contributed by atoms with Crippen LogP contribution in [0.15, 0.2) is 30.3 Å². The van der Waals surface area contributed by atoms with Crippen LogP contribution in [0.1, 0.15) is 10.4 Å². The zero-order chi connectivity index (χ0) is 12.8. The number of carbonyl (C=O) groups excluding carboxylic acids is 2. The minimum atomic E-state index is -1.69. The summed E-state index contributed by atoms with van der Waals surface area (Å²) in [6.07, 6.45) is -1.69. The van der Waals surface area contributed by atoms with Gasteiger partial charge in [0, 0.05) is 0 Å². The molecule has 1 rings (SSSR count). The standard InChI is InChI=1S/C9H9N3O5/c10-8(14)11-12(9(15)16)17-7(13)6-4-2-1-3-5-6/h1-5H,(H,15,16)(H3,10,11,14). The van der Waals surface area contributed by atoms with Gasteiger partial charge in [0.1, 0.15) is 0 Å². The molecular weight excluding hydrogens is 230 g/mol. The van der Waals surface area contributed by atoms with Crippen LogP contribution in [-0.2, 0) is 4.84 Å². The van der Waals surface area contributed by atoms with Crippen molar-refractivity contribution in [2.24, 2.45) is 5.73 Å². The molecule has 0 spiro atoms. The highest BCUT2D eigenvalue weighted by Gasteiger charge is 2.20. The van der Waals surface area contributed by atoms with E-state index in [4.69, 9.17) is 10.8 Å². The lowest BCUT2D eigenvalue weighted by atomic mass is 10.2. The molecule has 0 unspecified atom stereocenters. The lowest BCUT2D eigenvalue weighted by Crippen LogP contribution is -2.48. The Labute approximate surface area is 95.5 Å². The van der Waals surface area contributed by atoms with E-state index >= 15 is 0 Å². The van der Waals surface area contributed by atoms with Gasteiger partial charge < -0.3 is 15.7 Å². The molecule has 17 heavy (non-hydrogen) atoms. The average Bonchev–Trinajstić information content (AvgIpc) is 2.28. The Kier molecular flexibility index (Phi) is 3.87. The number of hydrogen-bond acceptors (Lipinski definition) is 4. The van der Waals surface area contributed by atoms with Gasteiger partial charge in [0.05, 0.1) is 5.56 Å². The maximum atomic E-state index is 11.4. The third kappa shape index (κ3) is 3.70. The number of rotatable bonds is 1. The SMILES string of the molecule is NC(=O)NN(OC(=O)c1ccccc1)C(=O)O. The Morgan fingerprint density at radius 1 is 1.24 bits per heavy atom. The minimum absolute atomic E-state index is 0.0718. The van der Waals surface area contributed by atoms with Gasteiger partial charge in [-0.15, -0.1) is 0 Å². The highest BCUT2D eigenvalue weighted by Crippen LogP contribution is 2.02. The Hall–Kier alpha value is -2.77. The number of urea groups is 1. The van der Waals surface area contributed by atoms with Crippen molar-refractivity contribution in [1.29, 1.82) is 0 Å². The van der Waals surface area contributed by atoms with Gasteiger partial charge in [0.15, 0.2) is 0 Å². The van der Waals surface area contributed by atoms with E-state index in [1.54, 1.807) is 23.6 Å². The molecule has 3 amide bonds. The van der Waals surface area contributed by atoms with Crippen LogP contribution in [0.3, 0.4) is 0 Å². The van der Waals surface area contributed by atoms with Crippen molar-refractivity contribution in [3.8, 4) is 0 Å². The molecule has 0 saturated carbocycles. The van der Waals surface area contributed by atoms with Crippen molar-refractivity contribution in [2.75, 3.05) is 0 Å². The molecule has 0 aromatic heterocycles. The molecule has 0 aliphatic carbocycles. The van der Waals surface area contributed by atoms with Gasteiger partial charge in [-0.2, -0.15) is 0 Å². The van der Waals surface area contributed by atoms with Gasteiger partial charge in [0.25, 0.3) is 0 Å². The summed E-state index contributed by atoms with van der Waals surface area (Å²) in [5, 5.41) is 8.52. The molecule has 0 saturated heterocycles. The van der Waals surface area contributed by atoms with Gasteiger partial charge in [-0.25, -0.2) is 19.8 Å². The summed E-state index contributed by atoms with van der Waals surface area (Å²) < 4.78 is 0. The number of amides is 3. The molecule has 0 radical (unpaired) electrons. The second-order valence-electron chi connectivity index (χ2n) is 2.80. The van der Waals surface area contributed by atoms with Crippen molar-refractivity contribution >= 4 is 18.1 Å². The maximum absolute atomic E-state index is 11.4. The van der Waals surface area contributed by atoms with Crippen molar-refractivity contribution in [2.45, 2.75) is 0 Å². The Morgan fingerprint density at radius 2 is 1.82 bits per heavy atom. The number of nitrogens with one attached hydrogen (secondary N) is 1. The summed E-state index contributed by atoms with van der Waals surface area (Å²) in [7, 11) is 0. The molecular formula is C9H9N3O5. The first-order chi connectivity index (χ1) is 8.00. The van der Waals surface area contributed by atoms with Crippen molar-refractivity contribution < 1.29 is 24.3 Å². The number of hydrogen-bond donors (Lipinski definition) is 3. The van der Waals surface area contributed by atoms with E-state index in [1.165, 1.54) is 12.1 Å². The summed E-state index contributed by atoms with van der Waals surface area (Å²) in [6.45, 7) is 0. The third-order valence-electron chi connectivity index (χ3n) is 1.57. The molecule has 8 nitrogen and oxygen atoms in total. The van der Waals surface area contributed by atoms with Crippen molar-refractivity contribution in [1.82, 2.24) is 10.6 Å². The first-order valence-electron chi connectivity index (χ1n) is 4.37. The Bertz CT molecular complexity index is 434. The van der Waals surface area contributed by atoms with E-state index in [2.05, 4.69) is 4.84 Å². The predicted octanol–water partition coefficient (Wildman–Crippen LogP) is 0.322. The molecule has 8 heteroatoms. The predicted molar refractivity (Wildman–Crippen MR) is 54.4 cm³/mol. The molecule has 0 aliphatic rings. The summed E-state index contributed by atoms with van der Waals surface area (Å²) in [5.74, 6) is -0.943. The van der Waals surface area contributed by atoms with Crippen LogP contribution in [0, 0.1) is 0 Å². The number of benzene rings is 1. The third-order valence-corrected chi connectivity index (χ3v) is 1.57. The van der Waals surface area contributed by atoms with E-state index in [0.29, 0.717) is 0 Å². The van der Waals surface area contributed by atoms with Crippen LogP contribution in [0.4, 0.5) is 9.59 Å². The van der Waals surface area contributed by atoms with E-state index in [-0.39, 0.29) is 10.7 Å². The van der Waals surface area contributed by atoms with Crippen LogP contribution in [0.2, 0.25) is 0 Å². The quantitative estimate of drug-likeness (QED) is 0.609. The molecule has 0 bridgehead atoms. The number of nitrogens with zero attached hydrogens (tertiary/aromatic N) is 1. The van der Waals surface area contributed by atoms with E-state index in [0.717, 1.165) is 0 Å². The maximum Gasteiger partial charge on any atom is 0.461 e. The Morgan fingerprint density at radius 3 is 2.29 bits per heavy atom. The highest BCUT2D eigenvalue weighted by atomic mass is 16.8. The van der Waals surface area contributed by atoms with Crippen molar-refractivity contribution in [3.05, 3.63) is 35.9 Å². The number of hydrazine groups is 1. The molecule has 0 aliphatic heterocycles. The summed E-state index contributed by atoms with van der Waals surface area (Å²) in [6, 6.07) is 6.49. The lowest BCUT2D eigenvalue weighted by molar-refractivity contribution is -0.109. The van der Waals surface area contributed by atoms with Crippen LogP contribution in [-0.4, -0.2) is 28.4 Å². The number of primary amides is 1. The summed E-state index contributed by atoms with van der Waals surface area (Å²) in [4.78, 5) is 36.8. The van der Waals surface area contributed by atoms with Crippen LogP contribution < -0.4 is 11.2 Å². The fraction of sp³-hybridized carbons (Fsp3) is 0.